The van der Waals surface area contributed by atoms with Crippen LogP contribution in [-0.4, -0.2) is 28.9 Å². The maximum Gasteiger partial charge on any atom is 0.265 e. The number of aromatic nitrogens is 1. The van der Waals surface area contributed by atoms with Gasteiger partial charge in [-0.1, -0.05) is 6.92 Å². The minimum absolute atomic E-state index is 0.166. The fourth-order valence-corrected chi connectivity index (χ4v) is 2.47. The summed E-state index contributed by atoms with van der Waals surface area (Å²) in [7, 11) is 0. The van der Waals surface area contributed by atoms with Gasteiger partial charge in [0.15, 0.2) is 0 Å². The molecule has 0 aliphatic carbocycles. The monoisotopic (exact) mass is 210 g/mol. The largest absolute Gasteiger partial charge is 0.338 e. The lowest BCUT2D eigenvalue weighted by atomic mass is 10.4. The van der Waals surface area contributed by atoms with Crippen LogP contribution in [0.1, 0.15) is 34.4 Å². The molecule has 0 spiro atoms. The van der Waals surface area contributed by atoms with Crippen molar-refractivity contribution in [3.05, 3.63) is 16.1 Å². The van der Waals surface area contributed by atoms with E-state index >= 15 is 0 Å². The fourth-order valence-electron chi connectivity index (χ4n) is 1.65. The third-order valence-corrected chi connectivity index (χ3v) is 3.59. The molecular formula is C10H14N2OS. The topological polar surface area (TPSA) is 33.2 Å². The van der Waals surface area contributed by atoms with Crippen molar-refractivity contribution < 1.29 is 4.79 Å². The number of hydrogen-bond acceptors (Lipinski definition) is 3. The highest BCUT2D eigenvalue weighted by atomic mass is 32.1. The first kappa shape index (κ1) is 9.65. The molecule has 0 atom stereocenters. The Morgan fingerprint density at radius 1 is 1.57 bits per heavy atom. The second kappa shape index (κ2) is 4.09. The second-order valence-corrected chi connectivity index (χ2v) is 4.59. The first-order chi connectivity index (χ1) is 6.81. The van der Waals surface area contributed by atoms with Gasteiger partial charge in [0.1, 0.15) is 4.88 Å². The molecule has 1 aromatic rings. The van der Waals surface area contributed by atoms with Crippen molar-refractivity contribution in [1.29, 1.82) is 0 Å². The summed E-state index contributed by atoms with van der Waals surface area (Å²) < 4.78 is 0. The van der Waals surface area contributed by atoms with E-state index in [1.54, 1.807) is 6.20 Å². The first-order valence-electron chi connectivity index (χ1n) is 5.05. The predicted molar refractivity (Wildman–Crippen MR) is 56.6 cm³/mol. The lowest BCUT2D eigenvalue weighted by Crippen LogP contribution is -2.26. The van der Waals surface area contributed by atoms with E-state index in [0.717, 1.165) is 42.2 Å². The molecule has 1 amide bonds. The third-order valence-electron chi connectivity index (χ3n) is 2.46. The summed E-state index contributed by atoms with van der Waals surface area (Å²) in [4.78, 5) is 18.8. The Morgan fingerprint density at radius 3 is 2.86 bits per heavy atom. The quantitative estimate of drug-likeness (QED) is 0.747. The molecule has 0 saturated carbocycles. The zero-order chi connectivity index (χ0) is 9.97. The van der Waals surface area contributed by atoms with Gasteiger partial charge in [0, 0.05) is 13.1 Å². The predicted octanol–water partition coefficient (Wildman–Crippen LogP) is 1.94. The summed E-state index contributed by atoms with van der Waals surface area (Å²) in [5, 5.41) is 1.05. The molecule has 0 unspecified atom stereocenters. The van der Waals surface area contributed by atoms with Crippen LogP contribution in [0.5, 0.6) is 0 Å². The second-order valence-electron chi connectivity index (χ2n) is 3.47. The normalized spacial score (nSPS) is 16.2. The van der Waals surface area contributed by atoms with Crippen molar-refractivity contribution in [3.63, 3.8) is 0 Å². The van der Waals surface area contributed by atoms with Crippen LogP contribution in [0.3, 0.4) is 0 Å². The van der Waals surface area contributed by atoms with Gasteiger partial charge in [0.05, 0.1) is 11.2 Å². The van der Waals surface area contributed by atoms with E-state index in [0.29, 0.717) is 0 Å². The van der Waals surface area contributed by atoms with Gasteiger partial charge in [0.2, 0.25) is 0 Å². The van der Waals surface area contributed by atoms with Gasteiger partial charge in [-0.05, 0) is 19.3 Å². The summed E-state index contributed by atoms with van der Waals surface area (Å²) in [6, 6.07) is 0. The van der Waals surface area contributed by atoms with Crippen LogP contribution in [0.4, 0.5) is 0 Å². The summed E-state index contributed by atoms with van der Waals surface area (Å²) in [5.41, 5.74) is 0. The van der Waals surface area contributed by atoms with Gasteiger partial charge < -0.3 is 4.90 Å². The van der Waals surface area contributed by atoms with E-state index in [-0.39, 0.29) is 5.91 Å². The van der Waals surface area contributed by atoms with Crippen LogP contribution in [0.25, 0.3) is 0 Å². The van der Waals surface area contributed by atoms with Crippen LogP contribution in [0.15, 0.2) is 6.20 Å². The number of thiazole rings is 1. The minimum atomic E-state index is 0.166. The van der Waals surface area contributed by atoms with Crippen molar-refractivity contribution in [2.75, 3.05) is 13.1 Å². The number of hydrogen-bond donors (Lipinski definition) is 0. The maximum absolute atomic E-state index is 11.9. The van der Waals surface area contributed by atoms with E-state index in [1.165, 1.54) is 11.3 Å². The average Bonchev–Trinajstić information content (AvgIpc) is 2.88. The fraction of sp³-hybridized carbons (Fsp3) is 0.600. The van der Waals surface area contributed by atoms with Crippen molar-refractivity contribution in [2.24, 2.45) is 0 Å². The Kier molecular flexibility index (Phi) is 2.82. The molecule has 1 aliphatic rings. The molecule has 0 aromatic carbocycles. The number of carbonyl (C=O) groups excluding carboxylic acids is 1. The average molecular weight is 210 g/mol. The molecule has 1 saturated heterocycles. The first-order valence-corrected chi connectivity index (χ1v) is 5.87. The van der Waals surface area contributed by atoms with Gasteiger partial charge in [-0.15, -0.1) is 11.3 Å². The number of likely N-dealkylation sites (tertiary alicyclic amines) is 1. The molecule has 1 aliphatic heterocycles. The number of rotatable bonds is 2. The summed E-state index contributed by atoms with van der Waals surface area (Å²) in [5.74, 6) is 0.166. The molecule has 2 rings (SSSR count). The zero-order valence-corrected chi connectivity index (χ0v) is 9.14. The minimum Gasteiger partial charge on any atom is -0.338 e. The zero-order valence-electron chi connectivity index (χ0n) is 8.32. The Labute approximate surface area is 87.8 Å². The Morgan fingerprint density at radius 2 is 2.29 bits per heavy atom. The Hall–Kier alpha value is -0.900. The lowest BCUT2D eigenvalue weighted by Gasteiger charge is -2.12. The molecule has 0 N–H and O–H groups in total. The number of amides is 1. The van der Waals surface area contributed by atoms with E-state index in [1.807, 2.05) is 4.90 Å². The number of carbonyl (C=O) groups is 1. The van der Waals surface area contributed by atoms with Gasteiger partial charge in [-0.2, -0.15) is 0 Å². The van der Waals surface area contributed by atoms with Gasteiger partial charge in [-0.3, -0.25) is 4.79 Å². The Bertz CT molecular complexity index is 329. The van der Waals surface area contributed by atoms with Crippen LogP contribution in [0, 0.1) is 0 Å². The highest BCUT2D eigenvalue weighted by Crippen LogP contribution is 2.18. The molecule has 2 heterocycles. The van der Waals surface area contributed by atoms with Crippen LogP contribution in [-0.2, 0) is 6.42 Å². The summed E-state index contributed by atoms with van der Waals surface area (Å²) in [6.45, 7) is 3.89. The molecule has 76 valence electrons. The van der Waals surface area contributed by atoms with E-state index in [4.69, 9.17) is 0 Å². The van der Waals surface area contributed by atoms with E-state index in [2.05, 4.69) is 11.9 Å². The molecule has 14 heavy (non-hydrogen) atoms. The highest BCUT2D eigenvalue weighted by Gasteiger charge is 2.20. The maximum atomic E-state index is 11.9. The van der Waals surface area contributed by atoms with Gasteiger partial charge >= 0.3 is 0 Å². The number of aryl methyl sites for hydroxylation is 1. The molecule has 1 aromatic heterocycles. The number of nitrogens with zero attached hydrogens (tertiary/aromatic N) is 2. The smallest absolute Gasteiger partial charge is 0.265 e. The molecule has 0 radical (unpaired) electrons. The van der Waals surface area contributed by atoms with Crippen LogP contribution >= 0.6 is 11.3 Å². The lowest BCUT2D eigenvalue weighted by molar-refractivity contribution is 0.0797. The molecular weight excluding hydrogens is 196 g/mol. The highest BCUT2D eigenvalue weighted by molar-refractivity contribution is 7.13. The molecule has 1 fully saturated rings. The van der Waals surface area contributed by atoms with Gasteiger partial charge in [-0.25, -0.2) is 4.98 Å². The van der Waals surface area contributed by atoms with Crippen LogP contribution in [0.2, 0.25) is 0 Å². The van der Waals surface area contributed by atoms with Crippen LogP contribution < -0.4 is 0 Å². The Balaban J connectivity index is 2.09. The molecule has 4 heteroatoms. The molecule has 0 bridgehead atoms. The third kappa shape index (κ3) is 1.80. The van der Waals surface area contributed by atoms with E-state index in [9.17, 15) is 4.79 Å². The van der Waals surface area contributed by atoms with Crippen molar-refractivity contribution >= 4 is 17.2 Å². The van der Waals surface area contributed by atoms with Crippen molar-refractivity contribution in [1.82, 2.24) is 9.88 Å². The molecule has 3 nitrogen and oxygen atoms in total. The van der Waals surface area contributed by atoms with Crippen molar-refractivity contribution in [3.8, 4) is 0 Å². The van der Waals surface area contributed by atoms with Crippen molar-refractivity contribution in [2.45, 2.75) is 26.2 Å². The van der Waals surface area contributed by atoms with Gasteiger partial charge in [0.25, 0.3) is 5.91 Å². The summed E-state index contributed by atoms with van der Waals surface area (Å²) >= 11 is 1.53. The SMILES string of the molecule is CCc1ncc(C(=O)N2CCCC2)s1. The standard InChI is InChI=1S/C10H14N2OS/c1-2-9-11-7-8(14-9)10(13)12-5-3-4-6-12/h7H,2-6H2,1H3. The summed E-state index contributed by atoms with van der Waals surface area (Å²) in [6.07, 6.45) is 4.92. The van der Waals surface area contributed by atoms with E-state index < -0.39 is 0 Å².